The summed E-state index contributed by atoms with van der Waals surface area (Å²) >= 11 is 7.45. The van der Waals surface area contributed by atoms with Crippen molar-refractivity contribution in [2.45, 2.75) is 19.9 Å². The summed E-state index contributed by atoms with van der Waals surface area (Å²) in [6, 6.07) is 11.7. The summed E-state index contributed by atoms with van der Waals surface area (Å²) in [5, 5.41) is 0.520. The van der Waals surface area contributed by atoms with Gasteiger partial charge in [0.2, 0.25) is 0 Å². The molecule has 0 spiro atoms. The largest absolute Gasteiger partial charge is 0.496 e. The van der Waals surface area contributed by atoms with Crippen LogP contribution in [-0.4, -0.2) is 44.6 Å². The molecule has 0 N–H and O–H groups in total. The summed E-state index contributed by atoms with van der Waals surface area (Å²) in [4.78, 5) is 32.2. The Morgan fingerprint density at radius 2 is 1.95 bits per heavy atom. The number of nitrogens with zero attached hydrogens (tertiary/aromatic N) is 2. The second kappa shape index (κ2) is 11.8. The van der Waals surface area contributed by atoms with Gasteiger partial charge < -0.3 is 18.9 Å². The lowest BCUT2D eigenvalue weighted by Crippen LogP contribution is -2.40. The number of halogens is 1. The standard InChI is InChI=1S/C27H27ClN2O6S/c1-5-35-20-11-10-18(28)14-17(20)15-22-25(31)30-24(19-8-6-7-9-21(19)34-4)23(16(2)29-27(30)37-22)26(32)36-13-12-33-3/h6-11,14-15,24H,5,12-13H2,1-4H3. The summed E-state index contributed by atoms with van der Waals surface area (Å²) in [6.45, 7) is 4.40. The van der Waals surface area contributed by atoms with Crippen molar-refractivity contribution < 1.29 is 23.7 Å². The average molecular weight is 543 g/mol. The number of hydrogen-bond acceptors (Lipinski definition) is 8. The highest BCUT2D eigenvalue weighted by molar-refractivity contribution is 7.07. The highest BCUT2D eigenvalue weighted by Crippen LogP contribution is 2.35. The molecule has 0 amide bonds. The number of allylic oxidation sites excluding steroid dienone is 1. The van der Waals surface area contributed by atoms with E-state index >= 15 is 0 Å². The SMILES string of the molecule is CCOc1ccc(Cl)cc1C=c1sc2n(c1=O)C(c1ccccc1OC)C(C(=O)OCCOC)=C(C)N=2. The first-order valence-corrected chi connectivity index (χ1v) is 12.8. The monoisotopic (exact) mass is 542 g/mol. The number of benzene rings is 2. The van der Waals surface area contributed by atoms with E-state index in [9.17, 15) is 9.59 Å². The predicted molar refractivity (Wildman–Crippen MR) is 142 cm³/mol. The van der Waals surface area contributed by atoms with Crippen LogP contribution in [0.5, 0.6) is 11.5 Å². The van der Waals surface area contributed by atoms with E-state index in [0.717, 1.165) is 0 Å². The van der Waals surface area contributed by atoms with Crippen LogP contribution >= 0.6 is 22.9 Å². The maximum absolute atomic E-state index is 13.9. The number of carbonyl (C=O) groups excluding carboxylic acids is 1. The van der Waals surface area contributed by atoms with Gasteiger partial charge in [0.1, 0.15) is 24.1 Å². The maximum Gasteiger partial charge on any atom is 0.338 e. The minimum absolute atomic E-state index is 0.0736. The van der Waals surface area contributed by atoms with Crippen LogP contribution in [0.4, 0.5) is 0 Å². The van der Waals surface area contributed by atoms with Gasteiger partial charge in [0, 0.05) is 23.3 Å². The highest BCUT2D eigenvalue weighted by Gasteiger charge is 2.35. The van der Waals surface area contributed by atoms with Crippen LogP contribution in [-0.2, 0) is 14.3 Å². The zero-order chi connectivity index (χ0) is 26.5. The Balaban J connectivity index is 1.94. The molecule has 0 saturated carbocycles. The molecule has 0 radical (unpaired) electrons. The molecule has 3 aromatic rings. The van der Waals surface area contributed by atoms with Crippen molar-refractivity contribution in [1.29, 1.82) is 0 Å². The van der Waals surface area contributed by atoms with E-state index in [0.29, 0.717) is 49.3 Å². The minimum Gasteiger partial charge on any atom is -0.496 e. The van der Waals surface area contributed by atoms with Crippen molar-refractivity contribution >= 4 is 35.0 Å². The number of hydrogen-bond donors (Lipinski definition) is 0. The van der Waals surface area contributed by atoms with Crippen LogP contribution < -0.4 is 24.4 Å². The van der Waals surface area contributed by atoms with Gasteiger partial charge in [-0.1, -0.05) is 41.1 Å². The van der Waals surface area contributed by atoms with Crippen LogP contribution in [0, 0.1) is 0 Å². The minimum atomic E-state index is -0.796. The fourth-order valence-electron chi connectivity index (χ4n) is 4.12. The van der Waals surface area contributed by atoms with Gasteiger partial charge in [-0.15, -0.1) is 0 Å². The molecule has 2 heterocycles. The molecule has 1 aromatic heterocycles. The van der Waals surface area contributed by atoms with Crippen LogP contribution in [0.15, 0.2) is 63.5 Å². The number of aromatic nitrogens is 1. The Kier molecular flexibility index (Phi) is 8.48. The van der Waals surface area contributed by atoms with E-state index in [1.165, 1.54) is 23.0 Å². The second-order valence-electron chi connectivity index (χ2n) is 8.07. The van der Waals surface area contributed by atoms with Crippen molar-refractivity contribution in [3.8, 4) is 11.5 Å². The normalized spacial score (nSPS) is 15.3. The van der Waals surface area contributed by atoms with Gasteiger partial charge in [0.15, 0.2) is 4.80 Å². The van der Waals surface area contributed by atoms with Crippen molar-refractivity contribution in [2.75, 3.05) is 34.0 Å². The quantitative estimate of drug-likeness (QED) is 0.304. The molecule has 1 aliphatic heterocycles. The molecule has 8 nitrogen and oxygen atoms in total. The number of methoxy groups -OCH3 is 2. The summed E-state index contributed by atoms with van der Waals surface area (Å²) in [7, 11) is 3.07. The van der Waals surface area contributed by atoms with E-state index in [1.54, 1.807) is 44.4 Å². The summed E-state index contributed by atoms with van der Waals surface area (Å²) in [5.41, 5.74) is 1.73. The van der Waals surface area contributed by atoms with E-state index < -0.39 is 12.0 Å². The van der Waals surface area contributed by atoms with Crippen molar-refractivity contribution in [2.24, 2.45) is 4.99 Å². The Morgan fingerprint density at radius 1 is 1.16 bits per heavy atom. The van der Waals surface area contributed by atoms with Gasteiger partial charge in [-0.2, -0.15) is 0 Å². The Bertz CT molecular complexity index is 1520. The molecule has 37 heavy (non-hydrogen) atoms. The molecule has 2 aromatic carbocycles. The van der Waals surface area contributed by atoms with Crippen LogP contribution in [0.2, 0.25) is 5.02 Å². The molecule has 0 saturated heterocycles. The lowest BCUT2D eigenvalue weighted by atomic mass is 9.95. The molecule has 4 rings (SSSR count). The Labute approximate surface area is 223 Å². The van der Waals surface area contributed by atoms with Crippen LogP contribution in [0.1, 0.15) is 31.0 Å². The maximum atomic E-state index is 13.9. The Hall–Kier alpha value is -3.40. The molecular formula is C27H27ClN2O6S. The van der Waals surface area contributed by atoms with Crippen LogP contribution in [0.3, 0.4) is 0 Å². The molecule has 0 aliphatic carbocycles. The first-order valence-electron chi connectivity index (χ1n) is 11.6. The summed E-state index contributed by atoms with van der Waals surface area (Å²) < 4.78 is 23.7. The molecule has 1 atom stereocenters. The van der Waals surface area contributed by atoms with Crippen molar-refractivity contribution in [1.82, 2.24) is 4.57 Å². The number of rotatable bonds is 9. The molecule has 194 valence electrons. The predicted octanol–water partition coefficient (Wildman–Crippen LogP) is 3.49. The average Bonchev–Trinajstić information content (AvgIpc) is 3.19. The number of ether oxygens (including phenoxy) is 4. The van der Waals surface area contributed by atoms with E-state index in [-0.39, 0.29) is 24.3 Å². The van der Waals surface area contributed by atoms with Gasteiger partial charge >= 0.3 is 5.97 Å². The third-order valence-corrected chi connectivity index (χ3v) is 6.97. The fourth-order valence-corrected chi connectivity index (χ4v) is 5.34. The first-order chi connectivity index (χ1) is 17.9. The third kappa shape index (κ3) is 5.49. The summed E-state index contributed by atoms with van der Waals surface area (Å²) in [6.07, 6.45) is 1.73. The highest BCUT2D eigenvalue weighted by atomic mass is 35.5. The van der Waals surface area contributed by atoms with Gasteiger partial charge in [-0.05, 0) is 44.2 Å². The number of esters is 1. The molecular weight excluding hydrogens is 516 g/mol. The van der Waals surface area contributed by atoms with E-state index in [2.05, 4.69) is 4.99 Å². The number of carbonyl (C=O) groups is 1. The van der Waals surface area contributed by atoms with Crippen molar-refractivity contribution in [3.63, 3.8) is 0 Å². The van der Waals surface area contributed by atoms with Gasteiger partial charge in [0.05, 0.1) is 36.1 Å². The van der Waals surface area contributed by atoms with Crippen molar-refractivity contribution in [3.05, 3.63) is 89.6 Å². The van der Waals surface area contributed by atoms with Gasteiger partial charge in [0.25, 0.3) is 5.56 Å². The van der Waals surface area contributed by atoms with Gasteiger partial charge in [-0.25, -0.2) is 9.79 Å². The molecule has 0 bridgehead atoms. The lowest BCUT2D eigenvalue weighted by molar-refractivity contribution is -0.140. The fraction of sp³-hybridized carbons (Fsp3) is 0.296. The first kappa shape index (κ1) is 26.7. The topological polar surface area (TPSA) is 88.4 Å². The number of fused-ring (bicyclic) bond motifs is 1. The second-order valence-corrected chi connectivity index (χ2v) is 9.51. The molecule has 0 fully saturated rings. The summed E-state index contributed by atoms with van der Waals surface area (Å²) in [5.74, 6) is 0.571. The van der Waals surface area contributed by atoms with E-state index in [4.69, 9.17) is 30.5 Å². The Morgan fingerprint density at radius 3 is 2.68 bits per heavy atom. The number of thiazole rings is 1. The molecule has 10 heteroatoms. The van der Waals surface area contributed by atoms with Gasteiger partial charge in [-0.3, -0.25) is 9.36 Å². The smallest absolute Gasteiger partial charge is 0.338 e. The zero-order valence-electron chi connectivity index (χ0n) is 20.9. The van der Waals surface area contributed by atoms with Crippen LogP contribution in [0.25, 0.3) is 6.08 Å². The lowest BCUT2D eigenvalue weighted by Gasteiger charge is -2.26. The number of para-hydroxylation sites is 1. The third-order valence-electron chi connectivity index (χ3n) is 5.75. The molecule has 1 unspecified atom stereocenters. The van der Waals surface area contributed by atoms with E-state index in [1.807, 2.05) is 25.1 Å². The molecule has 1 aliphatic rings. The zero-order valence-corrected chi connectivity index (χ0v) is 22.5.